The molecule has 0 saturated heterocycles. The van der Waals surface area contributed by atoms with Crippen molar-refractivity contribution in [3.63, 3.8) is 0 Å². The Labute approximate surface area is 317 Å². The smallest absolute Gasteiger partial charge is 0.253 e. The van der Waals surface area contributed by atoms with Gasteiger partial charge < -0.3 is 16.8 Å². The van der Waals surface area contributed by atoms with Crippen LogP contribution < -0.4 is 0 Å². The number of hydrogen-bond acceptors (Lipinski definition) is 4. The molecule has 2 heterocycles. The zero-order valence-electron chi connectivity index (χ0n) is 32.2. The maximum atomic E-state index is 7.15. The van der Waals surface area contributed by atoms with E-state index >= 15 is 0 Å². The van der Waals surface area contributed by atoms with Crippen molar-refractivity contribution >= 4 is 59.9 Å². The first-order valence-electron chi connectivity index (χ1n) is 19.1. The lowest BCUT2D eigenvalue weighted by atomic mass is 9.64. The summed E-state index contributed by atoms with van der Waals surface area (Å²) in [5.41, 5.74) is 18.6. The molecule has 11 rings (SSSR count). The summed E-state index contributed by atoms with van der Waals surface area (Å²) >= 11 is 0. The van der Waals surface area contributed by atoms with E-state index in [0.717, 1.165) is 79.0 Å². The van der Waals surface area contributed by atoms with E-state index < -0.39 is 16.0 Å². The van der Waals surface area contributed by atoms with Gasteiger partial charge in [0, 0.05) is 33.4 Å². The molecule has 0 amide bonds. The predicted octanol–water partition coefficient (Wildman–Crippen LogP) is 15.7. The second-order valence-electron chi connectivity index (χ2n) is 16.0. The van der Waals surface area contributed by atoms with E-state index in [1.54, 1.807) is 0 Å². The molecule has 6 heteroatoms. The van der Waals surface area contributed by atoms with Crippen LogP contribution in [-0.2, 0) is 0 Å². The third-order valence-electron chi connectivity index (χ3n) is 11.8. The maximum Gasteiger partial charge on any atom is 0.253 e. The Balaban J connectivity index is 1.26. The van der Waals surface area contributed by atoms with Crippen LogP contribution in [0, 0.1) is 55.4 Å². The Bertz CT molecular complexity index is 2660. The Hall–Kier alpha value is -4.88. The molecule has 0 aliphatic heterocycles. The van der Waals surface area contributed by atoms with Gasteiger partial charge in [-0.05, 0) is 171 Å². The van der Waals surface area contributed by atoms with Gasteiger partial charge in [0.05, 0.1) is 10.6 Å². The van der Waals surface area contributed by atoms with E-state index in [1.165, 1.54) is 55.1 Å². The molecule has 54 heavy (non-hydrogen) atoms. The summed E-state index contributed by atoms with van der Waals surface area (Å²) in [7, 11) is -3.01. The molecule has 3 aliphatic rings. The van der Waals surface area contributed by atoms with Crippen molar-refractivity contribution in [2.45, 2.75) is 80.1 Å². The first kappa shape index (κ1) is 33.7. The summed E-state index contributed by atoms with van der Waals surface area (Å²) in [5.74, 6) is 0.447. The van der Waals surface area contributed by atoms with E-state index in [2.05, 4.69) is 140 Å². The number of fused-ring (bicyclic) bond motifs is 7. The van der Waals surface area contributed by atoms with Crippen molar-refractivity contribution in [3.05, 3.63) is 152 Å². The normalized spacial score (nSPS) is 16.0. The second-order valence-corrected chi connectivity index (χ2v) is 18.7. The Morgan fingerprint density at radius 2 is 0.722 bits per heavy atom. The molecular weight excluding hydrogens is 702 g/mol. The van der Waals surface area contributed by atoms with Crippen molar-refractivity contribution in [1.82, 2.24) is 0 Å². The fourth-order valence-corrected chi connectivity index (χ4v) is 13.2. The number of hydrogen-bond donors (Lipinski definition) is 0. The fraction of sp³-hybridized carbons (Fsp3) is 0.250. The predicted molar refractivity (Wildman–Crippen MR) is 226 cm³/mol. The molecule has 8 aromatic rings. The van der Waals surface area contributed by atoms with Crippen LogP contribution in [0.5, 0.6) is 0 Å². The number of benzene rings is 6. The summed E-state index contributed by atoms with van der Waals surface area (Å²) in [6.45, 7) is 17.3. The average Bonchev–Trinajstić information content (AvgIpc) is 3.41. The summed E-state index contributed by atoms with van der Waals surface area (Å²) in [6, 6.07) is 31.6. The van der Waals surface area contributed by atoms with Gasteiger partial charge in [-0.2, -0.15) is 0 Å². The van der Waals surface area contributed by atoms with E-state index in [1.807, 2.05) is 0 Å². The van der Waals surface area contributed by atoms with Crippen LogP contribution >= 0.6 is 16.0 Å². The van der Waals surface area contributed by atoms with E-state index in [-0.39, 0.29) is 11.8 Å². The van der Waals surface area contributed by atoms with Crippen LogP contribution in [0.2, 0.25) is 0 Å². The lowest BCUT2D eigenvalue weighted by molar-refractivity contribution is 0.521. The monoisotopic (exact) mass is 746 g/mol. The van der Waals surface area contributed by atoms with Gasteiger partial charge in [0.15, 0.2) is 0 Å². The van der Waals surface area contributed by atoms with Crippen molar-refractivity contribution in [2.75, 3.05) is 0 Å². The highest BCUT2D eigenvalue weighted by molar-refractivity contribution is 7.46. The molecule has 4 nitrogen and oxygen atoms in total. The quantitative estimate of drug-likeness (QED) is 0.177. The van der Waals surface area contributed by atoms with Crippen LogP contribution in [0.15, 0.2) is 102 Å². The van der Waals surface area contributed by atoms with Crippen LogP contribution in [-0.4, -0.2) is 0 Å². The molecule has 0 radical (unpaired) electrons. The van der Waals surface area contributed by atoms with Crippen molar-refractivity contribution < 1.29 is 16.8 Å². The van der Waals surface area contributed by atoms with E-state index in [9.17, 15) is 0 Å². The van der Waals surface area contributed by atoms with Gasteiger partial charge in [-0.25, -0.2) is 0 Å². The molecule has 270 valence electrons. The highest BCUT2D eigenvalue weighted by atomic mass is 31.1. The van der Waals surface area contributed by atoms with Gasteiger partial charge in [0.25, 0.3) is 16.0 Å². The highest BCUT2D eigenvalue weighted by Gasteiger charge is 2.41. The van der Waals surface area contributed by atoms with Crippen LogP contribution in [0.4, 0.5) is 0 Å². The lowest BCUT2D eigenvalue weighted by Crippen LogP contribution is -2.25. The van der Waals surface area contributed by atoms with Crippen LogP contribution in [0.25, 0.3) is 54.5 Å². The van der Waals surface area contributed by atoms with Crippen molar-refractivity contribution in [2.24, 2.45) is 0 Å². The molecule has 0 N–H and O–H groups in total. The minimum absolute atomic E-state index is 0.164. The molecule has 2 aromatic heterocycles. The summed E-state index contributed by atoms with van der Waals surface area (Å²) < 4.78 is 28.6. The third-order valence-corrected chi connectivity index (χ3v) is 14.7. The van der Waals surface area contributed by atoms with Gasteiger partial charge in [0.2, 0.25) is 0 Å². The zero-order valence-corrected chi connectivity index (χ0v) is 34.0. The molecule has 0 unspecified atom stereocenters. The summed E-state index contributed by atoms with van der Waals surface area (Å²) in [4.78, 5) is 0. The summed E-state index contributed by atoms with van der Waals surface area (Å²) in [6.07, 6.45) is 2.17. The minimum atomic E-state index is -1.50. The van der Waals surface area contributed by atoms with Crippen LogP contribution in [0.3, 0.4) is 0 Å². The van der Waals surface area contributed by atoms with E-state index in [0.29, 0.717) is 0 Å². The largest absolute Gasteiger partial charge is 0.415 e. The molecule has 2 bridgehead atoms. The molecule has 6 aromatic carbocycles. The molecule has 0 atom stereocenters. The minimum Gasteiger partial charge on any atom is -0.415 e. The zero-order chi connectivity index (χ0) is 37.2. The third kappa shape index (κ3) is 5.10. The number of rotatable bonds is 2. The van der Waals surface area contributed by atoms with Gasteiger partial charge in [-0.1, -0.05) is 48.5 Å². The number of aryl methyl sites for hydroxylation is 8. The average molecular weight is 747 g/mol. The molecule has 0 spiro atoms. The Morgan fingerprint density at radius 1 is 0.407 bits per heavy atom. The molecule has 0 saturated carbocycles. The Morgan fingerprint density at radius 3 is 1.06 bits per heavy atom. The van der Waals surface area contributed by atoms with Gasteiger partial charge in [-0.3, -0.25) is 0 Å². The van der Waals surface area contributed by atoms with Crippen molar-refractivity contribution in [1.29, 1.82) is 0 Å². The van der Waals surface area contributed by atoms with Gasteiger partial charge >= 0.3 is 0 Å². The van der Waals surface area contributed by atoms with E-state index in [4.69, 9.17) is 16.8 Å². The van der Waals surface area contributed by atoms with Crippen LogP contribution in [0.1, 0.15) is 91.4 Å². The first-order chi connectivity index (χ1) is 26.0. The van der Waals surface area contributed by atoms with Gasteiger partial charge in [0.1, 0.15) is 22.3 Å². The maximum absolute atomic E-state index is 7.15. The molecule has 3 aliphatic carbocycles. The highest BCUT2D eigenvalue weighted by Crippen LogP contribution is 2.62. The fourth-order valence-electron chi connectivity index (χ4n) is 9.74. The SMILES string of the molecule is Cc1cc(C)c2op(-c3cccc4c3C3CCC4c4cccc(-p5oc6c(C)cc(C)cc6c6cc(C)cc(C)c6o5)c43)oc3c(C)cc(C)cc3c2c1. The summed E-state index contributed by atoms with van der Waals surface area (Å²) in [5, 5.41) is 6.78. The van der Waals surface area contributed by atoms with Gasteiger partial charge in [-0.15, -0.1) is 0 Å². The second kappa shape index (κ2) is 12.3. The molecular formula is C48H44O4P2. The van der Waals surface area contributed by atoms with Crippen molar-refractivity contribution in [3.8, 4) is 10.6 Å². The lowest BCUT2D eigenvalue weighted by Gasteiger charge is -2.41. The molecule has 0 fully saturated rings. The standard InChI is InChI=1S/C48H44O4P2/c1-25-17-29(5)45-37(21-25)38-22-26(2)18-30(6)46(38)50-53(49-45)41-13-9-11-34-33-15-16-36(43(34)41)44-35(33)12-10-14-42(44)54-51-47-31(7)19-27(3)23-39(47)40-24-28(4)20-32(8)48(40)52-54/h9-14,17-24,33,36H,15-16H2,1-8H3. The first-order valence-corrected chi connectivity index (χ1v) is 21.4. The topological polar surface area (TPSA) is 52.6 Å². The Kier molecular flexibility index (Phi) is 7.68.